The van der Waals surface area contributed by atoms with E-state index in [2.05, 4.69) is 29.5 Å². The summed E-state index contributed by atoms with van der Waals surface area (Å²) in [7, 11) is 0. The maximum atomic E-state index is 5.75. The first-order valence-corrected chi connectivity index (χ1v) is 8.53. The minimum absolute atomic E-state index is 0.449. The minimum Gasteiger partial charge on any atom is -0.324 e. The molecule has 0 radical (unpaired) electrons. The molecule has 21 heavy (non-hydrogen) atoms. The van der Waals surface area contributed by atoms with Crippen molar-refractivity contribution in [1.82, 2.24) is 29.5 Å². The van der Waals surface area contributed by atoms with Gasteiger partial charge in [0.2, 0.25) is 0 Å². The number of nitrogens with zero attached hydrogens (tertiary/aromatic N) is 6. The van der Waals surface area contributed by atoms with E-state index in [0.29, 0.717) is 12.6 Å². The van der Waals surface area contributed by atoms with Gasteiger partial charge in [0.25, 0.3) is 0 Å². The van der Waals surface area contributed by atoms with Crippen molar-refractivity contribution in [1.29, 1.82) is 0 Å². The number of nitrogens with two attached hydrogens (primary N) is 1. The van der Waals surface area contributed by atoms with Crippen molar-refractivity contribution >= 4 is 11.8 Å². The number of aryl methyl sites for hydroxylation is 1. The number of fused-ring (bicyclic) bond motifs is 1. The lowest BCUT2D eigenvalue weighted by atomic mass is 10.2. The van der Waals surface area contributed by atoms with Crippen LogP contribution in [0.3, 0.4) is 0 Å². The lowest BCUT2D eigenvalue weighted by molar-refractivity contribution is 0.513. The van der Waals surface area contributed by atoms with E-state index in [1.165, 1.54) is 25.7 Å². The van der Waals surface area contributed by atoms with Crippen molar-refractivity contribution in [2.45, 2.75) is 62.1 Å². The Morgan fingerprint density at radius 1 is 1.10 bits per heavy atom. The summed E-state index contributed by atoms with van der Waals surface area (Å²) in [5.74, 6) is 3.86. The van der Waals surface area contributed by atoms with Gasteiger partial charge in [-0.1, -0.05) is 11.8 Å². The van der Waals surface area contributed by atoms with E-state index >= 15 is 0 Å². The van der Waals surface area contributed by atoms with Crippen LogP contribution in [0.15, 0.2) is 5.16 Å². The molecule has 4 rings (SSSR count). The molecule has 0 amide bonds. The molecule has 0 spiro atoms. The van der Waals surface area contributed by atoms with Gasteiger partial charge in [0.15, 0.2) is 5.16 Å². The Labute approximate surface area is 127 Å². The summed E-state index contributed by atoms with van der Waals surface area (Å²) < 4.78 is 4.47. The zero-order valence-electron chi connectivity index (χ0n) is 11.9. The van der Waals surface area contributed by atoms with Gasteiger partial charge in [-0.15, -0.1) is 20.4 Å². The first kappa shape index (κ1) is 13.3. The third-order valence-electron chi connectivity index (χ3n) is 4.10. The van der Waals surface area contributed by atoms with E-state index in [4.69, 9.17) is 5.73 Å². The maximum Gasteiger partial charge on any atom is 0.191 e. The molecule has 2 N–H and O–H groups in total. The van der Waals surface area contributed by atoms with Gasteiger partial charge in [0.1, 0.15) is 17.5 Å². The van der Waals surface area contributed by atoms with Gasteiger partial charge in [-0.2, -0.15) is 0 Å². The van der Waals surface area contributed by atoms with Crippen molar-refractivity contribution in [3.63, 3.8) is 0 Å². The first-order valence-electron chi connectivity index (χ1n) is 7.54. The molecule has 2 aromatic rings. The van der Waals surface area contributed by atoms with Gasteiger partial charge in [-0.3, -0.25) is 0 Å². The highest BCUT2D eigenvalue weighted by atomic mass is 32.2. The van der Waals surface area contributed by atoms with Crippen LogP contribution in [0.1, 0.15) is 49.2 Å². The molecule has 2 aliphatic rings. The molecule has 8 heteroatoms. The van der Waals surface area contributed by atoms with Crippen LogP contribution in [-0.2, 0) is 25.3 Å². The van der Waals surface area contributed by atoms with Crippen molar-refractivity contribution in [3.8, 4) is 0 Å². The molecule has 1 saturated carbocycles. The third kappa shape index (κ3) is 2.46. The van der Waals surface area contributed by atoms with E-state index in [0.717, 1.165) is 41.3 Å². The molecule has 2 aromatic heterocycles. The van der Waals surface area contributed by atoms with Crippen LogP contribution in [0.5, 0.6) is 0 Å². The average molecular weight is 305 g/mol. The SMILES string of the molecule is NCc1nnc(SCc2nnc3n2CCCC3)n1C1CC1. The molecular weight excluding hydrogens is 286 g/mol. The zero-order valence-corrected chi connectivity index (χ0v) is 12.7. The van der Waals surface area contributed by atoms with Crippen molar-refractivity contribution < 1.29 is 0 Å². The molecule has 1 aliphatic heterocycles. The highest BCUT2D eigenvalue weighted by Crippen LogP contribution is 2.39. The summed E-state index contributed by atoms with van der Waals surface area (Å²) in [4.78, 5) is 0. The van der Waals surface area contributed by atoms with Crippen LogP contribution in [0.25, 0.3) is 0 Å². The van der Waals surface area contributed by atoms with Crippen molar-refractivity contribution in [3.05, 3.63) is 17.5 Å². The van der Waals surface area contributed by atoms with Gasteiger partial charge < -0.3 is 14.9 Å². The van der Waals surface area contributed by atoms with E-state index in [1.807, 2.05) is 0 Å². The molecule has 0 atom stereocenters. The van der Waals surface area contributed by atoms with E-state index in [1.54, 1.807) is 11.8 Å². The highest BCUT2D eigenvalue weighted by molar-refractivity contribution is 7.98. The fourth-order valence-electron chi connectivity index (χ4n) is 2.85. The highest BCUT2D eigenvalue weighted by Gasteiger charge is 2.29. The molecular formula is C13H19N7S. The summed E-state index contributed by atoms with van der Waals surface area (Å²) >= 11 is 1.69. The summed E-state index contributed by atoms with van der Waals surface area (Å²) in [5, 5.41) is 18.1. The second-order valence-electron chi connectivity index (χ2n) is 5.63. The Bertz CT molecular complexity index is 643. The summed E-state index contributed by atoms with van der Waals surface area (Å²) in [6.45, 7) is 1.49. The van der Waals surface area contributed by atoms with Crippen LogP contribution < -0.4 is 5.73 Å². The van der Waals surface area contributed by atoms with Crippen molar-refractivity contribution in [2.24, 2.45) is 5.73 Å². The fraction of sp³-hybridized carbons (Fsp3) is 0.692. The summed E-state index contributed by atoms with van der Waals surface area (Å²) in [6, 6.07) is 0.549. The van der Waals surface area contributed by atoms with Crippen molar-refractivity contribution in [2.75, 3.05) is 0 Å². The second-order valence-corrected chi connectivity index (χ2v) is 6.58. The normalized spacial score (nSPS) is 18.0. The van der Waals surface area contributed by atoms with Gasteiger partial charge in [-0.25, -0.2) is 0 Å². The lowest BCUT2D eigenvalue weighted by Crippen LogP contribution is -2.13. The Balaban J connectivity index is 1.52. The average Bonchev–Trinajstić information content (AvgIpc) is 3.14. The van der Waals surface area contributed by atoms with E-state index in [-0.39, 0.29) is 0 Å². The predicted octanol–water partition coefficient (Wildman–Crippen LogP) is 1.29. The van der Waals surface area contributed by atoms with E-state index < -0.39 is 0 Å². The van der Waals surface area contributed by atoms with Crippen LogP contribution in [0.4, 0.5) is 0 Å². The molecule has 0 aromatic carbocycles. The molecule has 1 aliphatic carbocycles. The van der Waals surface area contributed by atoms with Crippen LogP contribution in [-0.4, -0.2) is 29.5 Å². The molecule has 1 fully saturated rings. The summed E-state index contributed by atoms with van der Waals surface area (Å²) in [5.41, 5.74) is 5.75. The molecule has 7 nitrogen and oxygen atoms in total. The minimum atomic E-state index is 0.449. The molecule has 112 valence electrons. The second kappa shape index (κ2) is 5.42. The standard InChI is InChI=1S/C13H19N7S/c14-7-11-16-18-13(20(11)9-4-5-9)21-8-12-17-15-10-3-1-2-6-19(10)12/h9H,1-8,14H2. The molecule has 0 bridgehead atoms. The number of hydrogen-bond donors (Lipinski definition) is 1. The van der Waals surface area contributed by atoms with Gasteiger partial charge >= 0.3 is 0 Å². The van der Waals surface area contributed by atoms with Gasteiger partial charge in [-0.05, 0) is 25.7 Å². The van der Waals surface area contributed by atoms with E-state index in [9.17, 15) is 0 Å². The lowest BCUT2D eigenvalue weighted by Gasteiger charge is -2.14. The summed E-state index contributed by atoms with van der Waals surface area (Å²) in [6.07, 6.45) is 5.91. The zero-order chi connectivity index (χ0) is 14.2. The molecule has 0 saturated heterocycles. The monoisotopic (exact) mass is 305 g/mol. The number of rotatable bonds is 5. The quantitative estimate of drug-likeness (QED) is 0.838. The van der Waals surface area contributed by atoms with Crippen LogP contribution in [0, 0.1) is 0 Å². The van der Waals surface area contributed by atoms with Crippen LogP contribution in [0.2, 0.25) is 0 Å². The van der Waals surface area contributed by atoms with Gasteiger partial charge in [0, 0.05) is 19.0 Å². The first-order chi connectivity index (χ1) is 10.4. The van der Waals surface area contributed by atoms with Crippen LogP contribution >= 0.6 is 11.8 Å². The Morgan fingerprint density at radius 2 is 1.95 bits per heavy atom. The third-order valence-corrected chi connectivity index (χ3v) is 5.04. The largest absolute Gasteiger partial charge is 0.324 e. The Kier molecular flexibility index (Phi) is 3.42. The maximum absolute atomic E-state index is 5.75. The number of aromatic nitrogens is 6. The predicted molar refractivity (Wildman–Crippen MR) is 78.7 cm³/mol. The number of thioether (sulfide) groups is 1. The number of hydrogen-bond acceptors (Lipinski definition) is 6. The smallest absolute Gasteiger partial charge is 0.191 e. The Hall–Kier alpha value is -1.41. The molecule has 3 heterocycles. The van der Waals surface area contributed by atoms with Gasteiger partial charge in [0.05, 0.1) is 12.3 Å². The molecule has 0 unspecified atom stereocenters. The fourth-order valence-corrected chi connectivity index (χ4v) is 3.81. The topological polar surface area (TPSA) is 87.4 Å². The Morgan fingerprint density at radius 3 is 2.76 bits per heavy atom.